The third-order valence-corrected chi connectivity index (χ3v) is 5.05. The number of carboxylic acids is 1. The summed E-state index contributed by atoms with van der Waals surface area (Å²) < 4.78 is 0. The van der Waals surface area contributed by atoms with Gasteiger partial charge in [-0.1, -0.05) is 79.2 Å². The number of rotatable bonds is 4. The lowest BCUT2D eigenvalue weighted by Crippen LogP contribution is -2.45. The van der Waals surface area contributed by atoms with Crippen molar-refractivity contribution in [2.24, 2.45) is 5.92 Å². The van der Waals surface area contributed by atoms with Crippen LogP contribution in [0.15, 0.2) is 72.8 Å². The van der Waals surface area contributed by atoms with E-state index in [2.05, 4.69) is 6.58 Å². The van der Waals surface area contributed by atoms with Crippen molar-refractivity contribution in [1.29, 1.82) is 0 Å². The molecule has 2 aromatic rings. The number of carboxylic acid groups (broad SMARTS) is 1. The molecule has 1 unspecified atom stereocenters. The minimum Gasteiger partial charge on any atom is -0.480 e. The van der Waals surface area contributed by atoms with E-state index in [1.165, 1.54) is 0 Å². The summed E-state index contributed by atoms with van der Waals surface area (Å²) in [5.41, 5.74) is 1.69. The molecular weight excluding hydrogens is 284 g/mol. The number of benzene rings is 2. The van der Waals surface area contributed by atoms with Crippen LogP contribution in [0.3, 0.4) is 0 Å². The maximum absolute atomic E-state index is 12.6. The molecular formula is C21H22O2. The van der Waals surface area contributed by atoms with Gasteiger partial charge in [0.15, 0.2) is 0 Å². The van der Waals surface area contributed by atoms with Crippen molar-refractivity contribution >= 4 is 5.97 Å². The quantitative estimate of drug-likeness (QED) is 0.824. The van der Waals surface area contributed by atoms with Crippen LogP contribution in [-0.2, 0) is 10.2 Å². The van der Waals surface area contributed by atoms with Crippen LogP contribution in [-0.4, -0.2) is 11.1 Å². The maximum atomic E-state index is 12.6. The summed E-state index contributed by atoms with van der Waals surface area (Å²) in [6.45, 7) is 4.23. The standard InChI is InChI=1S/C21H22O2/c1-16-10-8-9-15-19(16)21(20(22)23,17-11-4-2-5-12-17)18-13-6-3-7-14-18/h2-7,11-14,19H,1,8-10,15H2,(H,22,23). The predicted molar refractivity (Wildman–Crippen MR) is 92.4 cm³/mol. The lowest BCUT2D eigenvalue weighted by atomic mass is 9.60. The SMILES string of the molecule is C=C1CCCCC1C(C(=O)O)(c1ccccc1)c1ccccc1. The Balaban J connectivity index is 2.27. The van der Waals surface area contributed by atoms with Crippen LogP contribution in [0.25, 0.3) is 0 Å². The van der Waals surface area contributed by atoms with Gasteiger partial charge in [-0.3, -0.25) is 4.79 Å². The van der Waals surface area contributed by atoms with E-state index in [0.717, 1.165) is 42.4 Å². The van der Waals surface area contributed by atoms with Gasteiger partial charge in [0, 0.05) is 5.92 Å². The van der Waals surface area contributed by atoms with Gasteiger partial charge < -0.3 is 5.11 Å². The monoisotopic (exact) mass is 306 g/mol. The van der Waals surface area contributed by atoms with Gasteiger partial charge in [0.05, 0.1) is 0 Å². The molecule has 2 nitrogen and oxygen atoms in total. The molecule has 0 radical (unpaired) electrons. The number of hydrogen-bond acceptors (Lipinski definition) is 1. The highest BCUT2D eigenvalue weighted by molar-refractivity contribution is 5.87. The molecule has 0 heterocycles. The first-order valence-corrected chi connectivity index (χ1v) is 8.19. The second kappa shape index (κ2) is 6.41. The number of aliphatic carboxylic acids is 1. The van der Waals surface area contributed by atoms with Gasteiger partial charge in [-0.2, -0.15) is 0 Å². The highest BCUT2D eigenvalue weighted by Crippen LogP contribution is 2.47. The molecule has 0 amide bonds. The van der Waals surface area contributed by atoms with Crippen LogP contribution < -0.4 is 0 Å². The van der Waals surface area contributed by atoms with E-state index in [1.54, 1.807) is 0 Å². The molecule has 2 heteroatoms. The molecule has 1 saturated carbocycles. The van der Waals surface area contributed by atoms with Gasteiger partial charge in [-0.05, 0) is 30.4 Å². The highest BCUT2D eigenvalue weighted by Gasteiger charge is 2.50. The maximum Gasteiger partial charge on any atom is 0.319 e. The molecule has 23 heavy (non-hydrogen) atoms. The summed E-state index contributed by atoms with van der Waals surface area (Å²) in [6.07, 6.45) is 3.95. The van der Waals surface area contributed by atoms with E-state index in [4.69, 9.17) is 0 Å². The first-order valence-electron chi connectivity index (χ1n) is 8.19. The smallest absolute Gasteiger partial charge is 0.319 e. The van der Waals surface area contributed by atoms with E-state index < -0.39 is 11.4 Å². The van der Waals surface area contributed by atoms with Gasteiger partial charge in [0.1, 0.15) is 5.41 Å². The lowest BCUT2D eigenvalue weighted by Gasteiger charge is -2.41. The average molecular weight is 306 g/mol. The summed E-state index contributed by atoms with van der Waals surface area (Å²) in [6, 6.07) is 19.3. The largest absolute Gasteiger partial charge is 0.480 e. The Hall–Kier alpha value is -2.35. The second-order valence-electron chi connectivity index (χ2n) is 6.30. The van der Waals surface area contributed by atoms with Crippen LogP contribution >= 0.6 is 0 Å². The van der Waals surface area contributed by atoms with Gasteiger partial charge in [0.25, 0.3) is 0 Å². The van der Waals surface area contributed by atoms with Crippen molar-refractivity contribution in [2.75, 3.05) is 0 Å². The second-order valence-corrected chi connectivity index (χ2v) is 6.30. The Morgan fingerprint density at radius 2 is 1.48 bits per heavy atom. The number of allylic oxidation sites excluding steroid dienone is 1. The zero-order valence-corrected chi connectivity index (χ0v) is 13.2. The molecule has 1 aliphatic rings. The van der Waals surface area contributed by atoms with Crippen LogP contribution in [0.5, 0.6) is 0 Å². The number of carbonyl (C=O) groups is 1. The first kappa shape index (κ1) is 15.5. The van der Waals surface area contributed by atoms with Gasteiger partial charge >= 0.3 is 5.97 Å². The third kappa shape index (κ3) is 2.59. The van der Waals surface area contributed by atoms with Crippen molar-refractivity contribution in [3.63, 3.8) is 0 Å². The van der Waals surface area contributed by atoms with Crippen molar-refractivity contribution < 1.29 is 9.90 Å². The Morgan fingerprint density at radius 3 is 1.91 bits per heavy atom. The highest BCUT2D eigenvalue weighted by atomic mass is 16.4. The lowest BCUT2D eigenvalue weighted by molar-refractivity contribution is -0.144. The summed E-state index contributed by atoms with van der Waals surface area (Å²) in [4.78, 5) is 12.6. The molecule has 0 saturated heterocycles. The molecule has 1 N–H and O–H groups in total. The van der Waals surface area contributed by atoms with E-state index in [9.17, 15) is 9.90 Å². The zero-order chi connectivity index (χ0) is 16.3. The Morgan fingerprint density at radius 1 is 0.957 bits per heavy atom. The van der Waals surface area contributed by atoms with E-state index >= 15 is 0 Å². The van der Waals surface area contributed by atoms with Crippen LogP contribution in [0.4, 0.5) is 0 Å². The molecule has 0 bridgehead atoms. The molecule has 0 aliphatic heterocycles. The van der Waals surface area contributed by atoms with Crippen LogP contribution in [0.2, 0.25) is 0 Å². The van der Waals surface area contributed by atoms with Gasteiger partial charge in [0.2, 0.25) is 0 Å². The minimum absolute atomic E-state index is 0.0708. The normalized spacial score (nSPS) is 18.6. The van der Waals surface area contributed by atoms with Crippen molar-refractivity contribution in [3.8, 4) is 0 Å². The van der Waals surface area contributed by atoms with Crippen molar-refractivity contribution in [3.05, 3.63) is 83.9 Å². The molecule has 3 rings (SSSR count). The average Bonchev–Trinajstić information content (AvgIpc) is 2.59. The summed E-state index contributed by atoms with van der Waals surface area (Å²) in [5.74, 6) is -0.860. The molecule has 1 atom stereocenters. The molecule has 2 aromatic carbocycles. The summed E-state index contributed by atoms with van der Waals surface area (Å²) in [5, 5.41) is 10.4. The molecule has 0 aromatic heterocycles. The van der Waals surface area contributed by atoms with E-state index in [-0.39, 0.29) is 5.92 Å². The van der Waals surface area contributed by atoms with Crippen LogP contribution in [0, 0.1) is 5.92 Å². The molecule has 1 aliphatic carbocycles. The Bertz CT molecular complexity index is 649. The topological polar surface area (TPSA) is 37.3 Å². The summed E-state index contributed by atoms with van der Waals surface area (Å²) in [7, 11) is 0. The molecule has 0 spiro atoms. The zero-order valence-electron chi connectivity index (χ0n) is 13.2. The first-order chi connectivity index (χ1) is 11.2. The van der Waals surface area contributed by atoms with Gasteiger partial charge in [-0.15, -0.1) is 0 Å². The Labute approximate surface area is 137 Å². The number of hydrogen-bond donors (Lipinski definition) is 1. The third-order valence-electron chi connectivity index (χ3n) is 5.05. The van der Waals surface area contributed by atoms with Gasteiger partial charge in [-0.25, -0.2) is 0 Å². The molecule has 118 valence electrons. The fourth-order valence-corrected chi connectivity index (χ4v) is 3.97. The van der Waals surface area contributed by atoms with E-state index in [0.29, 0.717) is 0 Å². The van der Waals surface area contributed by atoms with Crippen molar-refractivity contribution in [2.45, 2.75) is 31.1 Å². The fraction of sp³-hybridized carbons (Fsp3) is 0.286. The fourth-order valence-electron chi connectivity index (χ4n) is 3.97. The van der Waals surface area contributed by atoms with E-state index in [1.807, 2.05) is 60.7 Å². The summed E-state index contributed by atoms with van der Waals surface area (Å²) >= 11 is 0. The Kier molecular flexibility index (Phi) is 4.33. The minimum atomic E-state index is -1.06. The molecule has 1 fully saturated rings. The van der Waals surface area contributed by atoms with Crippen molar-refractivity contribution in [1.82, 2.24) is 0 Å². The van der Waals surface area contributed by atoms with Crippen LogP contribution in [0.1, 0.15) is 36.8 Å². The predicted octanol–water partition coefficient (Wildman–Crippen LogP) is 4.80.